The van der Waals surface area contributed by atoms with E-state index in [4.69, 9.17) is 15.2 Å². The van der Waals surface area contributed by atoms with E-state index in [0.717, 1.165) is 16.7 Å². The fourth-order valence-corrected chi connectivity index (χ4v) is 5.63. The first-order valence-corrected chi connectivity index (χ1v) is 14.0. The zero-order valence-electron chi connectivity index (χ0n) is 23.4. The number of hydrogen-bond donors (Lipinski definition) is 3. The molecule has 0 radical (unpaired) electrons. The number of carbonyl (C=O) groups excluding carboxylic acids is 3. The number of allylic oxidation sites excluding steroid dienone is 1. The lowest BCUT2D eigenvalue weighted by molar-refractivity contribution is -0.151. The quantitative estimate of drug-likeness (QED) is 0.129. The minimum Gasteiger partial charge on any atom is -0.460 e. The largest absolute Gasteiger partial charge is 0.460 e. The number of benzene rings is 2. The molecule has 0 spiro atoms. The molecule has 0 amide bonds. The molecular formula is C33H34N2O7. The molecule has 4 N–H and O–H groups in total. The molecule has 3 aromatic rings. The Morgan fingerprint density at radius 3 is 2.38 bits per heavy atom. The van der Waals surface area contributed by atoms with E-state index >= 15 is 0 Å². The zero-order chi connectivity index (χ0) is 29.9. The minimum absolute atomic E-state index is 0.0822. The van der Waals surface area contributed by atoms with Crippen LogP contribution in [0.4, 0.5) is 5.82 Å². The SMILES string of the molecule is C/C(CCc1ccnc(N)c1)=C(/CO)C[C@@]12O[C@]1(C(=O)OC[C@H](O)CCc1ccccc1)C(=O)c1ccccc1C2=O. The summed E-state index contributed by atoms with van der Waals surface area (Å²) in [5.74, 6) is -1.79. The van der Waals surface area contributed by atoms with Crippen molar-refractivity contribution < 1.29 is 34.1 Å². The van der Waals surface area contributed by atoms with Gasteiger partial charge in [-0.1, -0.05) is 60.2 Å². The number of Topliss-reactive ketones (excluding diaryl/α,β-unsaturated/α-hetero) is 2. The number of ketones is 2. The number of nitrogen functional groups attached to an aromatic ring is 1. The molecule has 2 heterocycles. The smallest absolute Gasteiger partial charge is 0.350 e. The molecule has 2 aliphatic rings. The van der Waals surface area contributed by atoms with Gasteiger partial charge in [-0.3, -0.25) is 9.59 Å². The van der Waals surface area contributed by atoms with Gasteiger partial charge in [0.05, 0.1) is 12.7 Å². The molecule has 5 rings (SSSR count). The lowest BCUT2D eigenvalue weighted by Crippen LogP contribution is -2.51. The van der Waals surface area contributed by atoms with E-state index in [9.17, 15) is 24.6 Å². The summed E-state index contributed by atoms with van der Waals surface area (Å²) in [6, 6.07) is 19.5. The molecule has 9 heteroatoms. The van der Waals surface area contributed by atoms with Crippen LogP contribution in [-0.4, -0.2) is 63.3 Å². The van der Waals surface area contributed by atoms with E-state index in [1.807, 2.05) is 43.3 Å². The first-order chi connectivity index (χ1) is 20.2. The monoisotopic (exact) mass is 570 g/mol. The van der Waals surface area contributed by atoms with Crippen LogP contribution in [0.25, 0.3) is 0 Å². The van der Waals surface area contributed by atoms with Crippen molar-refractivity contribution in [1.82, 2.24) is 4.98 Å². The molecule has 1 aliphatic carbocycles. The van der Waals surface area contributed by atoms with Crippen molar-refractivity contribution in [1.29, 1.82) is 0 Å². The van der Waals surface area contributed by atoms with Crippen LogP contribution < -0.4 is 5.73 Å². The molecule has 42 heavy (non-hydrogen) atoms. The first kappa shape index (κ1) is 29.3. The van der Waals surface area contributed by atoms with Gasteiger partial charge >= 0.3 is 5.97 Å². The van der Waals surface area contributed by atoms with Crippen LogP contribution in [-0.2, 0) is 27.1 Å². The number of nitrogens with two attached hydrogens (primary N) is 1. The maximum Gasteiger partial charge on any atom is 0.350 e. The van der Waals surface area contributed by atoms with Crippen LogP contribution >= 0.6 is 0 Å². The number of aromatic nitrogens is 1. The second kappa shape index (κ2) is 12.0. The molecule has 9 nitrogen and oxygen atoms in total. The molecular weight excluding hydrogens is 536 g/mol. The maximum absolute atomic E-state index is 13.9. The van der Waals surface area contributed by atoms with Crippen molar-refractivity contribution in [2.75, 3.05) is 18.9 Å². The summed E-state index contributed by atoms with van der Waals surface area (Å²) in [6.07, 6.45) is 2.56. The van der Waals surface area contributed by atoms with Crippen molar-refractivity contribution in [3.8, 4) is 0 Å². The lowest BCUT2D eigenvalue weighted by atomic mass is 9.71. The average Bonchev–Trinajstić information content (AvgIpc) is 3.71. The number of pyridine rings is 1. The van der Waals surface area contributed by atoms with Gasteiger partial charge in [0.1, 0.15) is 12.4 Å². The van der Waals surface area contributed by atoms with Gasteiger partial charge in [-0.05, 0) is 61.4 Å². The lowest BCUT2D eigenvalue weighted by Gasteiger charge is -2.25. The van der Waals surface area contributed by atoms with Crippen molar-refractivity contribution in [2.24, 2.45) is 0 Å². The second-order valence-electron chi connectivity index (χ2n) is 10.9. The number of hydrogen-bond acceptors (Lipinski definition) is 9. The Morgan fingerprint density at radius 2 is 1.69 bits per heavy atom. The number of ether oxygens (including phenoxy) is 2. The van der Waals surface area contributed by atoms with Crippen LogP contribution in [0, 0.1) is 0 Å². The normalized spacial score (nSPS) is 22.1. The van der Waals surface area contributed by atoms with Crippen molar-refractivity contribution >= 4 is 23.4 Å². The van der Waals surface area contributed by atoms with Crippen LogP contribution in [0.15, 0.2) is 84.1 Å². The number of rotatable bonds is 12. The zero-order valence-corrected chi connectivity index (χ0v) is 23.4. The molecule has 3 atom stereocenters. The van der Waals surface area contributed by atoms with E-state index in [2.05, 4.69) is 4.98 Å². The topological polar surface area (TPSA) is 152 Å². The summed E-state index contributed by atoms with van der Waals surface area (Å²) in [5, 5.41) is 20.8. The van der Waals surface area contributed by atoms with E-state index in [-0.39, 0.29) is 30.8 Å². The van der Waals surface area contributed by atoms with Gasteiger partial charge < -0.3 is 25.4 Å². The highest BCUT2D eigenvalue weighted by Crippen LogP contribution is 2.59. The molecule has 2 aromatic carbocycles. The predicted molar refractivity (Wildman–Crippen MR) is 155 cm³/mol. The van der Waals surface area contributed by atoms with Gasteiger partial charge in [-0.15, -0.1) is 0 Å². The van der Waals surface area contributed by atoms with E-state index in [1.54, 1.807) is 24.4 Å². The summed E-state index contributed by atoms with van der Waals surface area (Å²) in [5.41, 5.74) is 5.29. The third-order valence-electron chi connectivity index (χ3n) is 8.15. The highest BCUT2D eigenvalue weighted by Gasteiger charge is 2.85. The maximum atomic E-state index is 13.9. The summed E-state index contributed by atoms with van der Waals surface area (Å²) in [7, 11) is 0. The molecule has 0 bridgehead atoms. The third kappa shape index (κ3) is 5.38. The number of aliphatic hydroxyl groups excluding tert-OH is 2. The predicted octanol–water partition coefficient (Wildman–Crippen LogP) is 3.42. The van der Waals surface area contributed by atoms with Crippen molar-refractivity contribution in [2.45, 2.75) is 56.3 Å². The summed E-state index contributed by atoms with van der Waals surface area (Å²) in [6.45, 7) is 1.09. The van der Waals surface area contributed by atoms with E-state index in [1.165, 1.54) is 12.1 Å². The van der Waals surface area contributed by atoms with Crippen LogP contribution in [0.1, 0.15) is 58.0 Å². The second-order valence-corrected chi connectivity index (χ2v) is 10.9. The average molecular weight is 571 g/mol. The van der Waals surface area contributed by atoms with Crippen LogP contribution in [0.3, 0.4) is 0 Å². The Balaban J connectivity index is 1.36. The minimum atomic E-state index is -2.18. The number of fused-ring (bicyclic) bond motifs is 2. The number of epoxide rings is 1. The third-order valence-corrected chi connectivity index (χ3v) is 8.15. The Morgan fingerprint density at radius 1 is 1.00 bits per heavy atom. The molecule has 0 unspecified atom stereocenters. The molecule has 1 saturated heterocycles. The van der Waals surface area contributed by atoms with Gasteiger partial charge in [0.2, 0.25) is 5.78 Å². The van der Waals surface area contributed by atoms with Gasteiger partial charge in [-0.25, -0.2) is 9.78 Å². The fourth-order valence-electron chi connectivity index (χ4n) is 5.63. The van der Waals surface area contributed by atoms with Crippen molar-refractivity contribution in [3.63, 3.8) is 0 Å². The van der Waals surface area contributed by atoms with Crippen LogP contribution in [0.2, 0.25) is 0 Å². The number of carbonyl (C=O) groups is 3. The molecule has 0 saturated carbocycles. The fraction of sp³-hybridized carbons (Fsp3) is 0.333. The summed E-state index contributed by atoms with van der Waals surface area (Å²) >= 11 is 0. The van der Waals surface area contributed by atoms with Gasteiger partial charge in [-0.2, -0.15) is 0 Å². The number of aliphatic hydroxyl groups is 2. The highest BCUT2D eigenvalue weighted by atomic mass is 16.7. The summed E-state index contributed by atoms with van der Waals surface area (Å²) < 4.78 is 11.4. The molecule has 218 valence electrons. The Kier molecular flexibility index (Phi) is 8.36. The number of esters is 1. The van der Waals surface area contributed by atoms with Crippen LogP contribution in [0.5, 0.6) is 0 Å². The number of nitrogens with zero attached hydrogens (tertiary/aromatic N) is 1. The van der Waals surface area contributed by atoms with Crippen molar-refractivity contribution in [3.05, 3.63) is 106 Å². The van der Waals surface area contributed by atoms with E-state index < -0.39 is 34.8 Å². The van der Waals surface area contributed by atoms with E-state index in [0.29, 0.717) is 37.1 Å². The van der Waals surface area contributed by atoms with Gasteiger partial charge in [0.15, 0.2) is 11.4 Å². The number of aryl methyl sites for hydroxylation is 2. The highest BCUT2D eigenvalue weighted by molar-refractivity contribution is 6.32. The Labute approximate surface area is 244 Å². The standard InChI is InChI=1S/C33H34N2O7/c1-21(11-12-23-15-16-35-28(34)17-23)24(19-36)18-32-29(38)26-9-5-6-10-27(26)30(39)33(32,42-32)31(40)41-20-25(37)14-13-22-7-3-2-4-8-22/h2-10,15-17,25,36-37H,11-14,18-20H2,1H3,(H2,34,35)/b24-21-/t25-,32+,33+/m1/s1. The Hall–Kier alpha value is -4.18. The Bertz CT molecular complexity index is 1540. The number of anilines is 1. The van der Waals surface area contributed by atoms with Gasteiger partial charge in [0, 0.05) is 23.7 Å². The summed E-state index contributed by atoms with van der Waals surface area (Å²) in [4.78, 5) is 45.2. The van der Waals surface area contributed by atoms with Gasteiger partial charge in [0.25, 0.3) is 5.60 Å². The first-order valence-electron chi connectivity index (χ1n) is 14.0. The molecule has 1 fully saturated rings. The molecule has 1 aromatic heterocycles. The molecule has 1 aliphatic heterocycles.